The molecular weight excluding hydrogens is 198 g/mol. The first-order valence-corrected chi connectivity index (χ1v) is 5.33. The number of aliphatic carboxylic acids is 1. The molecule has 0 radical (unpaired) electrons. The van der Waals surface area contributed by atoms with Crippen molar-refractivity contribution < 1.29 is 9.90 Å². The summed E-state index contributed by atoms with van der Waals surface area (Å²) < 4.78 is 0. The lowest BCUT2D eigenvalue weighted by molar-refractivity contribution is -0.143. The SMILES string of the molecule is Cc1ccsc1CNC(C)(C)C(=O)O. The van der Waals surface area contributed by atoms with Crippen molar-refractivity contribution >= 4 is 17.3 Å². The number of carbonyl (C=O) groups is 1. The van der Waals surface area contributed by atoms with Gasteiger partial charge in [0.15, 0.2) is 0 Å². The maximum absolute atomic E-state index is 10.8. The lowest BCUT2D eigenvalue weighted by Gasteiger charge is -2.20. The summed E-state index contributed by atoms with van der Waals surface area (Å²) in [6.07, 6.45) is 0. The lowest BCUT2D eigenvalue weighted by atomic mass is 10.1. The molecule has 0 fully saturated rings. The predicted molar refractivity (Wildman–Crippen MR) is 57.6 cm³/mol. The van der Waals surface area contributed by atoms with E-state index in [0.717, 1.165) is 0 Å². The highest BCUT2D eigenvalue weighted by Gasteiger charge is 2.26. The summed E-state index contributed by atoms with van der Waals surface area (Å²) in [7, 11) is 0. The predicted octanol–water partition coefficient (Wildman–Crippen LogP) is 2.01. The van der Waals surface area contributed by atoms with Gasteiger partial charge in [0.2, 0.25) is 0 Å². The third kappa shape index (κ3) is 2.56. The van der Waals surface area contributed by atoms with Crippen molar-refractivity contribution in [3.8, 4) is 0 Å². The molecule has 0 bridgehead atoms. The van der Waals surface area contributed by atoms with Crippen LogP contribution in [0, 0.1) is 6.92 Å². The molecule has 0 saturated carbocycles. The fraction of sp³-hybridized carbons (Fsp3) is 0.500. The molecular formula is C10H15NO2S. The normalized spacial score (nSPS) is 11.6. The molecule has 1 aromatic heterocycles. The molecule has 0 spiro atoms. The Kier molecular flexibility index (Phi) is 3.29. The van der Waals surface area contributed by atoms with Gasteiger partial charge in [0.05, 0.1) is 0 Å². The van der Waals surface area contributed by atoms with Crippen LogP contribution < -0.4 is 5.32 Å². The fourth-order valence-electron chi connectivity index (χ4n) is 0.962. The van der Waals surface area contributed by atoms with Gasteiger partial charge in [-0.1, -0.05) is 0 Å². The Bertz CT molecular complexity index is 331. The largest absolute Gasteiger partial charge is 0.480 e. The standard InChI is InChI=1S/C10H15NO2S/c1-7-4-5-14-8(7)6-11-10(2,3)9(12)13/h4-5,11H,6H2,1-3H3,(H,12,13). The van der Waals surface area contributed by atoms with E-state index in [1.807, 2.05) is 18.4 Å². The smallest absolute Gasteiger partial charge is 0.323 e. The van der Waals surface area contributed by atoms with Crippen molar-refractivity contribution in [1.82, 2.24) is 5.32 Å². The van der Waals surface area contributed by atoms with E-state index in [1.54, 1.807) is 25.2 Å². The minimum atomic E-state index is -0.865. The average Bonchev–Trinajstić information content (AvgIpc) is 2.47. The second kappa shape index (κ2) is 4.11. The molecule has 0 aliphatic heterocycles. The summed E-state index contributed by atoms with van der Waals surface area (Å²) in [5.41, 5.74) is 0.347. The highest BCUT2D eigenvalue weighted by Crippen LogP contribution is 2.16. The quantitative estimate of drug-likeness (QED) is 0.804. The number of carboxylic acid groups (broad SMARTS) is 1. The van der Waals surface area contributed by atoms with Crippen LogP contribution in [0.4, 0.5) is 0 Å². The van der Waals surface area contributed by atoms with Crippen molar-refractivity contribution in [2.75, 3.05) is 0 Å². The molecule has 0 unspecified atom stereocenters. The van der Waals surface area contributed by atoms with Crippen LogP contribution in [0.2, 0.25) is 0 Å². The van der Waals surface area contributed by atoms with Crippen molar-refractivity contribution in [3.05, 3.63) is 21.9 Å². The Hall–Kier alpha value is -0.870. The maximum atomic E-state index is 10.8. The number of hydrogen-bond donors (Lipinski definition) is 2. The first kappa shape index (κ1) is 11.2. The van der Waals surface area contributed by atoms with Gasteiger partial charge in [-0.2, -0.15) is 0 Å². The van der Waals surface area contributed by atoms with E-state index in [9.17, 15) is 4.79 Å². The number of nitrogens with one attached hydrogen (secondary N) is 1. The van der Waals surface area contributed by atoms with Gasteiger partial charge in [-0.05, 0) is 37.8 Å². The summed E-state index contributed by atoms with van der Waals surface area (Å²) in [5, 5.41) is 13.9. The van der Waals surface area contributed by atoms with Crippen LogP contribution in [0.15, 0.2) is 11.4 Å². The Morgan fingerprint density at radius 3 is 2.71 bits per heavy atom. The molecule has 4 heteroatoms. The van der Waals surface area contributed by atoms with Crippen LogP contribution in [0.25, 0.3) is 0 Å². The molecule has 78 valence electrons. The van der Waals surface area contributed by atoms with E-state index in [4.69, 9.17) is 5.11 Å². The lowest BCUT2D eigenvalue weighted by Crippen LogP contribution is -2.46. The van der Waals surface area contributed by atoms with E-state index in [-0.39, 0.29) is 0 Å². The molecule has 14 heavy (non-hydrogen) atoms. The number of rotatable bonds is 4. The van der Waals surface area contributed by atoms with Crippen molar-refractivity contribution in [2.24, 2.45) is 0 Å². The first-order chi connectivity index (χ1) is 6.43. The monoisotopic (exact) mass is 213 g/mol. The minimum Gasteiger partial charge on any atom is -0.480 e. The van der Waals surface area contributed by atoms with Gasteiger partial charge in [-0.15, -0.1) is 11.3 Å². The van der Waals surface area contributed by atoms with E-state index in [2.05, 4.69) is 5.32 Å². The van der Waals surface area contributed by atoms with Crippen molar-refractivity contribution in [2.45, 2.75) is 32.9 Å². The molecule has 0 amide bonds. The van der Waals surface area contributed by atoms with Crippen LogP contribution in [0.3, 0.4) is 0 Å². The highest BCUT2D eigenvalue weighted by molar-refractivity contribution is 7.10. The molecule has 1 rings (SSSR count). The molecule has 0 aliphatic carbocycles. The molecule has 0 aromatic carbocycles. The van der Waals surface area contributed by atoms with Crippen LogP contribution in [-0.2, 0) is 11.3 Å². The van der Waals surface area contributed by atoms with Gasteiger partial charge in [0, 0.05) is 11.4 Å². The average molecular weight is 213 g/mol. The third-order valence-corrected chi connectivity index (χ3v) is 3.22. The Balaban J connectivity index is 2.57. The highest BCUT2D eigenvalue weighted by atomic mass is 32.1. The van der Waals surface area contributed by atoms with Crippen molar-refractivity contribution in [3.63, 3.8) is 0 Å². The summed E-state index contributed by atoms with van der Waals surface area (Å²) >= 11 is 1.65. The molecule has 3 nitrogen and oxygen atoms in total. The molecule has 0 aliphatic rings. The van der Waals surface area contributed by atoms with Gasteiger partial charge in [-0.3, -0.25) is 10.1 Å². The minimum absolute atomic E-state index is 0.614. The van der Waals surface area contributed by atoms with Gasteiger partial charge in [0.25, 0.3) is 0 Å². The van der Waals surface area contributed by atoms with E-state index < -0.39 is 11.5 Å². The summed E-state index contributed by atoms with van der Waals surface area (Å²) in [6, 6.07) is 2.04. The van der Waals surface area contributed by atoms with Gasteiger partial charge in [0.1, 0.15) is 5.54 Å². The second-order valence-corrected chi connectivity index (χ2v) is 4.81. The zero-order valence-electron chi connectivity index (χ0n) is 8.63. The van der Waals surface area contributed by atoms with Crippen LogP contribution in [-0.4, -0.2) is 16.6 Å². The maximum Gasteiger partial charge on any atom is 0.323 e. The van der Waals surface area contributed by atoms with E-state index in [1.165, 1.54) is 10.4 Å². The number of aryl methyl sites for hydroxylation is 1. The Labute approximate surface area is 87.8 Å². The van der Waals surface area contributed by atoms with Gasteiger partial charge >= 0.3 is 5.97 Å². The zero-order chi connectivity index (χ0) is 10.8. The van der Waals surface area contributed by atoms with Gasteiger partial charge < -0.3 is 5.11 Å². The van der Waals surface area contributed by atoms with E-state index >= 15 is 0 Å². The summed E-state index contributed by atoms with van der Waals surface area (Å²) in [6.45, 7) is 5.97. The number of hydrogen-bond acceptors (Lipinski definition) is 3. The van der Waals surface area contributed by atoms with Crippen molar-refractivity contribution in [1.29, 1.82) is 0 Å². The molecule has 0 saturated heterocycles. The first-order valence-electron chi connectivity index (χ1n) is 4.45. The van der Waals surface area contributed by atoms with Gasteiger partial charge in [-0.25, -0.2) is 0 Å². The fourth-order valence-corrected chi connectivity index (χ4v) is 1.81. The second-order valence-electron chi connectivity index (χ2n) is 3.81. The molecule has 1 heterocycles. The third-order valence-electron chi connectivity index (χ3n) is 2.19. The van der Waals surface area contributed by atoms with Crippen LogP contribution >= 0.6 is 11.3 Å². The van der Waals surface area contributed by atoms with E-state index in [0.29, 0.717) is 6.54 Å². The Morgan fingerprint density at radius 2 is 2.29 bits per heavy atom. The summed E-state index contributed by atoms with van der Waals surface area (Å²) in [4.78, 5) is 12.0. The Morgan fingerprint density at radius 1 is 1.64 bits per heavy atom. The number of thiophene rings is 1. The molecule has 0 atom stereocenters. The summed E-state index contributed by atoms with van der Waals surface area (Å²) in [5.74, 6) is -0.827. The zero-order valence-corrected chi connectivity index (χ0v) is 9.44. The topological polar surface area (TPSA) is 49.3 Å². The van der Waals surface area contributed by atoms with Crippen LogP contribution in [0.1, 0.15) is 24.3 Å². The molecule has 1 aromatic rings. The molecule has 2 N–H and O–H groups in total. The van der Waals surface area contributed by atoms with Crippen LogP contribution in [0.5, 0.6) is 0 Å². The number of carboxylic acids is 1.